The van der Waals surface area contributed by atoms with Gasteiger partial charge in [0.05, 0.1) is 18.6 Å². The summed E-state index contributed by atoms with van der Waals surface area (Å²) in [5.74, 6) is -6.19. The molecule has 1 aromatic carbocycles. The average molecular weight is 554 g/mol. The number of guanidine groups is 1. The SMILES string of the molecule is C[C@@H](O)[C@H](NC(=O)[C@@H](N)Cc1ccc(O)cc1)C(=O)N[C@@H](CCCNC(=N)N)C(=O)N[C@@H](CC(=O)O)C(=O)O. The zero-order chi connectivity index (χ0) is 29.7. The van der Waals surface area contributed by atoms with Gasteiger partial charge in [-0.25, -0.2) is 4.79 Å². The van der Waals surface area contributed by atoms with E-state index in [4.69, 9.17) is 22.0 Å². The van der Waals surface area contributed by atoms with Crippen molar-refractivity contribution in [2.24, 2.45) is 11.5 Å². The molecule has 216 valence electrons. The summed E-state index contributed by atoms with van der Waals surface area (Å²) in [5.41, 5.74) is 11.8. The van der Waals surface area contributed by atoms with Gasteiger partial charge in [-0.05, 0) is 43.9 Å². The molecule has 16 heteroatoms. The van der Waals surface area contributed by atoms with Crippen LogP contribution in [0.15, 0.2) is 24.3 Å². The Morgan fingerprint density at radius 2 is 1.54 bits per heavy atom. The summed E-state index contributed by atoms with van der Waals surface area (Å²) in [6.45, 7) is 1.34. The fourth-order valence-corrected chi connectivity index (χ4v) is 3.35. The van der Waals surface area contributed by atoms with Crippen molar-refractivity contribution < 1.29 is 44.4 Å². The molecule has 0 unspecified atom stereocenters. The zero-order valence-corrected chi connectivity index (χ0v) is 21.2. The summed E-state index contributed by atoms with van der Waals surface area (Å²) in [7, 11) is 0. The molecule has 0 spiro atoms. The Balaban J connectivity index is 2.97. The van der Waals surface area contributed by atoms with Crippen LogP contribution in [0.2, 0.25) is 0 Å². The minimum atomic E-state index is -1.78. The molecule has 0 saturated heterocycles. The summed E-state index contributed by atoms with van der Waals surface area (Å²) >= 11 is 0. The molecule has 0 aliphatic carbocycles. The van der Waals surface area contributed by atoms with Gasteiger partial charge in [-0.1, -0.05) is 12.1 Å². The van der Waals surface area contributed by atoms with Gasteiger partial charge in [0, 0.05) is 6.54 Å². The number of nitrogens with one attached hydrogen (secondary N) is 5. The summed E-state index contributed by atoms with van der Waals surface area (Å²) in [4.78, 5) is 60.7. The molecule has 39 heavy (non-hydrogen) atoms. The van der Waals surface area contributed by atoms with Crippen LogP contribution in [0, 0.1) is 5.41 Å². The van der Waals surface area contributed by atoms with Crippen molar-refractivity contribution >= 4 is 35.6 Å². The number of aromatic hydroxyl groups is 1. The van der Waals surface area contributed by atoms with Crippen LogP contribution >= 0.6 is 0 Å². The monoisotopic (exact) mass is 553 g/mol. The van der Waals surface area contributed by atoms with Gasteiger partial charge in [0.2, 0.25) is 17.7 Å². The Kier molecular flexibility index (Phi) is 13.1. The molecule has 0 fully saturated rings. The van der Waals surface area contributed by atoms with Crippen molar-refractivity contribution in [2.75, 3.05) is 6.54 Å². The molecule has 0 aliphatic heterocycles. The van der Waals surface area contributed by atoms with Crippen LogP contribution in [-0.2, 0) is 30.4 Å². The van der Waals surface area contributed by atoms with E-state index in [0.717, 1.165) is 0 Å². The third-order valence-electron chi connectivity index (χ3n) is 5.40. The number of aliphatic hydroxyl groups is 1. The highest BCUT2D eigenvalue weighted by atomic mass is 16.4. The summed E-state index contributed by atoms with van der Waals surface area (Å²) in [6, 6.07) is 0.0698. The Hall–Kier alpha value is -4.44. The quantitative estimate of drug-likeness (QED) is 0.0552. The van der Waals surface area contributed by atoms with Gasteiger partial charge in [-0.15, -0.1) is 0 Å². The molecule has 3 amide bonds. The number of carboxylic acids is 2. The molecular formula is C23H35N7O9. The first kappa shape index (κ1) is 32.6. The van der Waals surface area contributed by atoms with Gasteiger partial charge >= 0.3 is 11.9 Å². The van der Waals surface area contributed by atoms with Crippen molar-refractivity contribution in [3.63, 3.8) is 0 Å². The van der Waals surface area contributed by atoms with E-state index in [1.807, 2.05) is 0 Å². The van der Waals surface area contributed by atoms with E-state index >= 15 is 0 Å². The second-order valence-corrected chi connectivity index (χ2v) is 8.75. The van der Waals surface area contributed by atoms with E-state index < -0.39 is 66.4 Å². The summed E-state index contributed by atoms with van der Waals surface area (Å²) < 4.78 is 0. The molecule has 1 aromatic rings. The largest absolute Gasteiger partial charge is 0.508 e. The zero-order valence-electron chi connectivity index (χ0n) is 21.2. The molecule has 0 aliphatic rings. The number of phenolic OH excluding ortho intramolecular Hbond substituents is 1. The topological polar surface area (TPSA) is 290 Å². The second kappa shape index (κ2) is 15.7. The number of hydrogen-bond donors (Lipinski definition) is 11. The van der Waals surface area contributed by atoms with Gasteiger partial charge < -0.3 is 53.2 Å². The van der Waals surface area contributed by atoms with Gasteiger partial charge in [0.1, 0.15) is 23.9 Å². The number of hydrogen-bond acceptors (Lipinski definition) is 9. The van der Waals surface area contributed by atoms with E-state index in [1.54, 1.807) is 12.1 Å². The lowest BCUT2D eigenvalue weighted by atomic mass is 10.0. The van der Waals surface area contributed by atoms with Crippen LogP contribution in [0.5, 0.6) is 5.75 Å². The minimum Gasteiger partial charge on any atom is -0.508 e. The van der Waals surface area contributed by atoms with E-state index in [9.17, 15) is 39.3 Å². The van der Waals surface area contributed by atoms with Crippen LogP contribution in [0.1, 0.15) is 31.7 Å². The molecule has 1 rings (SSSR count). The Bertz CT molecular complexity index is 1030. The smallest absolute Gasteiger partial charge is 0.326 e. The maximum atomic E-state index is 13.0. The molecule has 0 saturated carbocycles. The number of nitrogens with two attached hydrogens (primary N) is 2. The Labute approximate surface area is 223 Å². The van der Waals surface area contributed by atoms with E-state index in [1.165, 1.54) is 19.1 Å². The number of carbonyl (C=O) groups excluding carboxylic acids is 3. The number of carbonyl (C=O) groups is 5. The van der Waals surface area contributed by atoms with E-state index in [-0.39, 0.29) is 37.5 Å². The highest BCUT2D eigenvalue weighted by molar-refractivity contribution is 5.95. The van der Waals surface area contributed by atoms with Crippen LogP contribution < -0.4 is 32.7 Å². The first-order valence-electron chi connectivity index (χ1n) is 11.9. The third-order valence-corrected chi connectivity index (χ3v) is 5.40. The predicted molar refractivity (Wildman–Crippen MR) is 136 cm³/mol. The van der Waals surface area contributed by atoms with Crippen LogP contribution in [-0.4, -0.2) is 92.9 Å². The normalized spacial score (nSPS) is 14.5. The van der Waals surface area contributed by atoms with Gasteiger partial charge in [0.15, 0.2) is 5.96 Å². The average Bonchev–Trinajstić information content (AvgIpc) is 2.84. The maximum absolute atomic E-state index is 13.0. The fraction of sp³-hybridized carbons (Fsp3) is 0.478. The van der Waals surface area contributed by atoms with Crippen molar-refractivity contribution in [3.05, 3.63) is 29.8 Å². The van der Waals surface area contributed by atoms with Crippen LogP contribution in [0.25, 0.3) is 0 Å². The second-order valence-electron chi connectivity index (χ2n) is 8.75. The first-order valence-corrected chi connectivity index (χ1v) is 11.9. The van der Waals surface area contributed by atoms with E-state index in [2.05, 4.69) is 21.3 Å². The van der Waals surface area contributed by atoms with Gasteiger partial charge in [-0.3, -0.25) is 24.6 Å². The molecule has 5 atom stereocenters. The van der Waals surface area contributed by atoms with E-state index in [0.29, 0.717) is 5.56 Å². The molecule has 0 bridgehead atoms. The molecule has 0 heterocycles. The molecule has 0 aromatic heterocycles. The predicted octanol–water partition coefficient (Wildman–Crippen LogP) is -3.08. The number of rotatable bonds is 16. The number of phenols is 1. The first-order chi connectivity index (χ1) is 18.2. The van der Waals surface area contributed by atoms with Crippen molar-refractivity contribution in [1.82, 2.24) is 21.3 Å². The van der Waals surface area contributed by atoms with Crippen molar-refractivity contribution in [2.45, 2.75) is 62.9 Å². The molecule has 0 radical (unpaired) electrons. The number of aliphatic carboxylic acids is 2. The number of aliphatic hydroxyl groups excluding tert-OH is 1. The number of carboxylic acid groups (broad SMARTS) is 2. The van der Waals surface area contributed by atoms with Crippen LogP contribution in [0.3, 0.4) is 0 Å². The third kappa shape index (κ3) is 12.1. The minimum absolute atomic E-state index is 0.0240. The lowest BCUT2D eigenvalue weighted by Gasteiger charge is -2.26. The van der Waals surface area contributed by atoms with Crippen molar-refractivity contribution in [1.29, 1.82) is 5.41 Å². The molecule has 16 nitrogen and oxygen atoms in total. The Morgan fingerprint density at radius 1 is 0.949 bits per heavy atom. The van der Waals surface area contributed by atoms with Gasteiger partial charge in [-0.2, -0.15) is 0 Å². The van der Waals surface area contributed by atoms with Gasteiger partial charge in [0.25, 0.3) is 0 Å². The Morgan fingerprint density at radius 3 is 2.05 bits per heavy atom. The summed E-state index contributed by atoms with van der Waals surface area (Å²) in [5, 5.41) is 54.0. The van der Waals surface area contributed by atoms with Crippen LogP contribution in [0.4, 0.5) is 0 Å². The fourth-order valence-electron chi connectivity index (χ4n) is 3.35. The standard InChI is InChI=1S/C23H35N7O9/c1-11(31)18(30-19(35)14(24)9-12-4-6-13(32)7-5-12)21(37)28-15(3-2-8-27-23(25)26)20(36)29-16(22(38)39)10-17(33)34/h4-7,11,14-16,18,31-32H,2-3,8-10,24H2,1H3,(H,28,37)(H,29,36)(H,30,35)(H,33,34)(H,38,39)(H4,25,26,27)/t11-,14+,15+,16+,18+/m1/s1. The summed E-state index contributed by atoms with van der Waals surface area (Å²) in [6.07, 6.45) is -2.24. The van der Waals surface area contributed by atoms with Crippen molar-refractivity contribution in [3.8, 4) is 5.75 Å². The lowest BCUT2D eigenvalue weighted by molar-refractivity contribution is -0.147. The molecule has 13 N–H and O–H groups in total. The lowest BCUT2D eigenvalue weighted by Crippen LogP contribution is -2.60. The number of benzene rings is 1. The highest BCUT2D eigenvalue weighted by Gasteiger charge is 2.32. The maximum Gasteiger partial charge on any atom is 0.326 e. The highest BCUT2D eigenvalue weighted by Crippen LogP contribution is 2.11. The number of amides is 3. The molecular weight excluding hydrogens is 518 g/mol.